The summed E-state index contributed by atoms with van der Waals surface area (Å²) in [5, 5.41) is 13.7. The van der Waals surface area contributed by atoms with Crippen LogP contribution in [0.15, 0.2) is 16.9 Å². The van der Waals surface area contributed by atoms with Crippen molar-refractivity contribution in [2.75, 3.05) is 20.3 Å². The number of hydrogen-bond donors (Lipinski definition) is 3. The number of carbonyl (C=O) groups is 3. The van der Waals surface area contributed by atoms with Crippen molar-refractivity contribution in [3.63, 3.8) is 0 Å². The van der Waals surface area contributed by atoms with Gasteiger partial charge in [-0.2, -0.15) is 13.2 Å². The largest absolute Gasteiger partial charge is 0.458 e. The van der Waals surface area contributed by atoms with E-state index in [-0.39, 0.29) is 60.4 Å². The quantitative estimate of drug-likeness (QED) is 0.153. The van der Waals surface area contributed by atoms with Crippen molar-refractivity contribution in [2.45, 2.75) is 70.2 Å². The number of nitrogens with one attached hydrogen (secondary N) is 1. The van der Waals surface area contributed by atoms with Crippen molar-refractivity contribution in [1.82, 2.24) is 19.8 Å². The molecule has 0 saturated carbocycles. The van der Waals surface area contributed by atoms with Crippen molar-refractivity contribution in [1.29, 1.82) is 0 Å². The summed E-state index contributed by atoms with van der Waals surface area (Å²) in [7, 11) is 1.20. The molecule has 4 N–H and O–H groups in total. The third kappa shape index (κ3) is 4.96. The number of likely N-dealkylation sites (N-methyl/N-ethyl adjacent to an activating group) is 1. The Labute approximate surface area is 264 Å². The lowest BCUT2D eigenvalue weighted by atomic mass is 9.81. The predicted octanol–water partition coefficient (Wildman–Crippen LogP) is 1.95. The molecule has 0 spiro atoms. The fraction of sp³-hybridized carbons (Fsp3) is 0.452. The molecule has 0 saturated heterocycles. The summed E-state index contributed by atoms with van der Waals surface area (Å²) < 4.78 is 68.8. The van der Waals surface area contributed by atoms with E-state index in [1.807, 2.05) is 0 Å². The van der Waals surface area contributed by atoms with Crippen LogP contribution < -0.4 is 16.6 Å². The number of esters is 1. The Morgan fingerprint density at radius 2 is 2.00 bits per heavy atom. The average Bonchev–Trinajstić information content (AvgIpc) is 3.41. The number of ether oxygens (including phenoxy) is 2. The van der Waals surface area contributed by atoms with Crippen LogP contribution in [0.4, 0.5) is 17.6 Å². The fourth-order valence-electron chi connectivity index (χ4n) is 6.84. The van der Waals surface area contributed by atoms with Crippen LogP contribution in [-0.2, 0) is 49.0 Å². The molecule has 16 heteroatoms. The maximum absolute atomic E-state index is 15.2. The number of hydrogen-bond acceptors (Lipinski definition) is 9. The summed E-state index contributed by atoms with van der Waals surface area (Å²) in [5.41, 5.74) is 4.98. The van der Waals surface area contributed by atoms with Crippen LogP contribution in [0, 0.1) is 12.7 Å². The minimum absolute atomic E-state index is 0.0578. The molecule has 1 aromatic carbocycles. The Balaban J connectivity index is 1.51. The van der Waals surface area contributed by atoms with E-state index in [9.17, 15) is 37.5 Å². The zero-order valence-electron chi connectivity index (χ0n) is 25.6. The Morgan fingerprint density at radius 1 is 1.28 bits per heavy atom. The van der Waals surface area contributed by atoms with E-state index in [4.69, 9.17) is 20.2 Å². The number of nitrogens with two attached hydrogens (primary N) is 1. The van der Waals surface area contributed by atoms with Gasteiger partial charge in [0.25, 0.3) is 11.5 Å². The molecule has 3 aromatic rings. The highest BCUT2D eigenvalue weighted by Crippen LogP contribution is 2.47. The lowest BCUT2D eigenvalue weighted by Gasteiger charge is -2.37. The van der Waals surface area contributed by atoms with Crippen LogP contribution in [0.25, 0.3) is 22.3 Å². The number of cyclic esters (lactones) is 1. The van der Waals surface area contributed by atoms with E-state index in [0.717, 1.165) is 4.90 Å². The smallest absolute Gasteiger partial charge is 0.423 e. The molecule has 12 nitrogen and oxygen atoms in total. The first-order valence-corrected chi connectivity index (χ1v) is 14.9. The van der Waals surface area contributed by atoms with Gasteiger partial charge in [0.1, 0.15) is 19.2 Å². The van der Waals surface area contributed by atoms with E-state index >= 15 is 4.39 Å². The van der Waals surface area contributed by atoms with Gasteiger partial charge in [-0.05, 0) is 48.9 Å². The topological polar surface area (TPSA) is 166 Å². The summed E-state index contributed by atoms with van der Waals surface area (Å²) in [4.78, 5) is 57.0. The Hall–Kier alpha value is -4.41. The second kappa shape index (κ2) is 11.4. The van der Waals surface area contributed by atoms with Gasteiger partial charge in [0.2, 0.25) is 12.0 Å². The number of aliphatic hydroxyl groups is 1. The molecule has 0 radical (unpaired) electrons. The number of halogens is 4. The average molecular weight is 662 g/mol. The van der Waals surface area contributed by atoms with Crippen molar-refractivity contribution in [3.8, 4) is 11.4 Å². The molecule has 2 aliphatic heterocycles. The number of rotatable bonds is 7. The molecule has 250 valence electrons. The maximum atomic E-state index is 15.2. The van der Waals surface area contributed by atoms with Crippen LogP contribution in [0.2, 0.25) is 0 Å². The lowest BCUT2D eigenvalue weighted by molar-refractivity contribution is -0.225. The molecule has 1 aliphatic carbocycles. The highest BCUT2D eigenvalue weighted by molar-refractivity contribution is 5.94. The number of amides is 2. The molecule has 3 atom stereocenters. The third-order valence-corrected chi connectivity index (χ3v) is 9.39. The molecule has 0 bridgehead atoms. The lowest BCUT2D eigenvalue weighted by Crippen LogP contribution is -2.49. The normalized spacial score (nSPS) is 20.3. The minimum atomic E-state index is -5.14. The first-order chi connectivity index (χ1) is 22.1. The van der Waals surface area contributed by atoms with E-state index in [1.54, 1.807) is 13.8 Å². The number of pyridine rings is 2. The van der Waals surface area contributed by atoms with Gasteiger partial charge in [0, 0.05) is 29.6 Å². The number of fused-ring (bicyclic) bond motifs is 5. The molecule has 2 aromatic heterocycles. The van der Waals surface area contributed by atoms with Crippen LogP contribution in [-0.4, -0.2) is 69.9 Å². The van der Waals surface area contributed by atoms with Crippen molar-refractivity contribution in [3.05, 3.63) is 61.7 Å². The summed E-state index contributed by atoms with van der Waals surface area (Å²) >= 11 is 0. The van der Waals surface area contributed by atoms with Crippen LogP contribution in [0.1, 0.15) is 59.2 Å². The molecular formula is C31H31F4N5O7. The van der Waals surface area contributed by atoms with Gasteiger partial charge in [0.15, 0.2) is 5.60 Å². The first kappa shape index (κ1) is 32.5. The maximum Gasteiger partial charge on any atom is 0.423 e. The van der Waals surface area contributed by atoms with Gasteiger partial charge in [-0.3, -0.25) is 14.4 Å². The summed E-state index contributed by atoms with van der Waals surface area (Å²) in [5.74, 6) is -3.68. The molecule has 47 heavy (non-hydrogen) atoms. The highest BCUT2D eigenvalue weighted by atomic mass is 19.4. The number of aryl methyl sites for hydroxylation is 1. The van der Waals surface area contributed by atoms with Gasteiger partial charge in [0.05, 0.1) is 41.6 Å². The standard InChI is InChI=1S/C31H31F4N5O7/c1-4-30(45)17-7-21-25-15(10-40(21)27(42)16(17)11-46-29(30)44)24-20(6-5-14-13(2)18(32)8-19(38-25)23(14)24)39(3)28(43)26(31(33,34)35)47-12-37-22(41)9-36/h7-8,20,26,45H,4-6,9-12,36H2,1-3H3,(H,37,41)/t20-,26?,30-/m0/s1. The third-order valence-electron chi connectivity index (χ3n) is 9.39. The SMILES string of the molecule is CC[C@@]1(O)C(=O)OCc2c1cc1n(c2=O)Cc2c-1nc1cc(F)c(C)c3c1c2[C@@H](N(C)C(=O)C(OCNC(=O)CN)C(F)(F)F)CC3. The monoisotopic (exact) mass is 661 g/mol. The molecular weight excluding hydrogens is 630 g/mol. The van der Waals surface area contributed by atoms with E-state index in [0.29, 0.717) is 27.6 Å². The Bertz CT molecular complexity index is 1930. The van der Waals surface area contributed by atoms with Gasteiger partial charge >= 0.3 is 12.1 Å². The molecule has 1 unspecified atom stereocenters. The Kier molecular flexibility index (Phi) is 7.88. The van der Waals surface area contributed by atoms with Gasteiger partial charge in [-0.25, -0.2) is 14.2 Å². The number of benzene rings is 1. The first-order valence-electron chi connectivity index (χ1n) is 14.9. The zero-order chi connectivity index (χ0) is 34.2. The zero-order valence-corrected chi connectivity index (χ0v) is 25.6. The van der Waals surface area contributed by atoms with Crippen molar-refractivity contribution < 1.29 is 46.5 Å². The van der Waals surface area contributed by atoms with Crippen molar-refractivity contribution in [2.24, 2.45) is 5.73 Å². The Morgan fingerprint density at radius 3 is 2.66 bits per heavy atom. The second-order valence-corrected chi connectivity index (χ2v) is 11.9. The van der Waals surface area contributed by atoms with Gasteiger partial charge < -0.3 is 35.1 Å². The summed E-state index contributed by atoms with van der Waals surface area (Å²) in [6.07, 6.45) is -7.84. The van der Waals surface area contributed by atoms with Crippen LogP contribution in [0.5, 0.6) is 0 Å². The summed E-state index contributed by atoms with van der Waals surface area (Å²) in [6, 6.07) is 1.69. The molecule has 0 fully saturated rings. The number of aromatic nitrogens is 2. The number of alkyl halides is 3. The van der Waals surface area contributed by atoms with Crippen molar-refractivity contribution >= 4 is 28.7 Å². The number of nitrogens with zero attached hydrogens (tertiary/aromatic N) is 3. The van der Waals surface area contributed by atoms with Gasteiger partial charge in [-0.15, -0.1) is 0 Å². The van der Waals surface area contributed by atoms with E-state index < -0.39 is 66.4 Å². The summed E-state index contributed by atoms with van der Waals surface area (Å²) in [6.45, 7) is 1.27. The van der Waals surface area contributed by atoms with E-state index in [1.165, 1.54) is 23.7 Å². The number of carbonyl (C=O) groups excluding carboxylic acids is 3. The van der Waals surface area contributed by atoms with Crippen LogP contribution >= 0.6 is 0 Å². The van der Waals surface area contributed by atoms with Gasteiger partial charge in [-0.1, -0.05) is 6.92 Å². The molecule has 6 rings (SSSR count). The predicted molar refractivity (Wildman–Crippen MR) is 156 cm³/mol. The minimum Gasteiger partial charge on any atom is -0.458 e. The van der Waals surface area contributed by atoms with E-state index in [2.05, 4.69) is 5.32 Å². The molecule has 3 aliphatic rings. The second-order valence-electron chi connectivity index (χ2n) is 11.9. The van der Waals surface area contributed by atoms with Crippen LogP contribution in [0.3, 0.4) is 0 Å². The molecule has 2 amide bonds. The highest BCUT2D eigenvalue weighted by Gasteiger charge is 2.50. The molecule has 4 heterocycles. The fourth-order valence-corrected chi connectivity index (χ4v) is 6.84.